The maximum atomic E-state index is 3.59. The van der Waals surface area contributed by atoms with Crippen LogP contribution in [0.5, 0.6) is 0 Å². The molecule has 3 aromatic rings. The average Bonchev–Trinajstić information content (AvgIpc) is 2.39. The van der Waals surface area contributed by atoms with Gasteiger partial charge in [-0.05, 0) is 59.0 Å². The number of fused-ring (bicyclic) bond motifs is 1. The highest BCUT2D eigenvalue weighted by Crippen LogP contribution is 2.35. The fourth-order valence-electron chi connectivity index (χ4n) is 2.74. The van der Waals surface area contributed by atoms with E-state index in [4.69, 9.17) is 0 Å². The summed E-state index contributed by atoms with van der Waals surface area (Å²) in [4.78, 5) is 0. The van der Waals surface area contributed by atoms with E-state index in [-0.39, 0.29) is 0 Å². The van der Waals surface area contributed by atoms with Gasteiger partial charge in [-0.25, -0.2) is 0 Å². The highest BCUT2D eigenvalue weighted by atomic mass is 79.9. The third-order valence-corrected chi connectivity index (χ3v) is 4.06. The van der Waals surface area contributed by atoms with E-state index in [2.05, 4.69) is 84.4 Å². The summed E-state index contributed by atoms with van der Waals surface area (Å²) in [6, 6.07) is 19.4. The number of hydrogen-bond donors (Lipinski definition) is 0. The third-order valence-electron chi connectivity index (χ3n) is 3.57. The Bertz CT molecular complexity index is 742. The molecule has 0 heterocycles. The molecule has 94 valence electrons. The number of hydrogen-bond acceptors (Lipinski definition) is 0. The molecule has 0 spiro atoms. The van der Waals surface area contributed by atoms with E-state index < -0.39 is 0 Å². The first-order valence-electron chi connectivity index (χ1n) is 6.42. The van der Waals surface area contributed by atoms with Crippen molar-refractivity contribution in [3.05, 3.63) is 70.2 Å². The fourth-order valence-corrected chi connectivity index (χ4v) is 3.10. The summed E-state index contributed by atoms with van der Waals surface area (Å²) < 4.78 is 1.13. The first-order valence-corrected chi connectivity index (χ1v) is 7.21. The highest BCUT2D eigenvalue weighted by Gasteiger charge is 2.09. The molecule has 0 aromatic heterocycles. The predicted octanol–water partition coefficient (Wildman–Crippen LogP) is 5.89. The zero-order valence-electron chi connectivity index (χ0n) is 11.1. The molecule has 0 radical (unpaired) electrons. The van der Waals surface area contributed by atoms with Crippen molar-refractivity contribution < 1.29 is 0 Å². The van der Waals surface area contributed by atoms with Crippen LogP contribution in [0, 0.1) is 13.8 Å². The van der Waals surface area contributed by atoms with Gasteiger partial charge in [-0.1, -0.05) is 58.4 Å². The van der Waals surface area contributed by atoms with E-state index in [0.29, 0.717) is 0 Å². The van der Waals surface area contributed by atoms with Gasteiger partial charge in [0.25, 0.3) is 0 Å². The van der Waals surface area contributed by atoms with Gasteiger partial charge in [0.2, 0.25) is 0 Å². The van der Waals surface area contributed by atoms with Crippen LogP contribution in [0.2, 0.25) is 0 Å². The number of rotatable bonds is 1. The molecule has 0 N–H and O–H groups in total. The maximum absolute atomic E-state index is 3.59. The van der Waals surface area contributed by atoms with Crippen LogP contribution in [0.4, 0.5) is 0 Å². The lowest BCUT2D eigenvalue weighted by molar-refractivity contribution is 1.42. The molecule has 0 amide bonds. The van der Waals surface area contributed by atoms with Crippen LogP contribution < -0.4 is 0 Å². The molecule has 3 rings (SSSR count). The lowest BCUT2D eigenvalue weighted by atomic mass is 9.91. The van der Waals surface area contributed by atoms with Crippen LogP contribution in [-0.2, 0) is 0 Å². The molecule has 3 aromatic carbocycles. The second-order valence-corrected chi connectivity index (χ2v) is 5.86. The summed E-state index contributed by atoms with van der Waals surface area (Å²) in [6.45, 7) is 4.37. The number of benzene rings is 3. The summed E-state index contributed by atoms with van der Waals surface area (Å²) in [5, 5.41) is 2.64. The first-order chi connectivity index (χ1) is 9.16. The minimum Gasteiger partial charge on any atom is -0.0622 e. The summed E-state index contributed by atoms with van der Waals surface area (Å²) in [5.74, 6) is 0. The number of aryl methyl sites for hydroxylation is 2. The summed E-state index contributed by atoms with van der Waals surface area (Å²) in [5.41, 5.74) is 5.28. The molecule has 0 aliphatic rings. The van der Waals surface area contributed by atoms with Gasteiger partial charge < -0.3 is 0 Å². The summed E-state index contributed by atoms with van der Waals surface area (Å²) in [7, 11) is 0. The van der Waals surface area contributed by atoms with Crippen molar-refractivity contribution in [3.63, 3.8) is 0 Å². The van der Waals surface area contributed by atoms with Gasteiger partial charge in [-0.2, -0.15) is 0 Å². The minimum atomic E-state index is 1.13. The Kier molecular flexibility index (Phi) is 3.16. The summed E-state index contributed by atoms with van der Waals surface area (Å²) in [6.07, 6.45) is 0. The van der Waals surface area contributed by atoms with Gasteiger partial charge in [0.1, 0.15) is 0 Å². The number of halogens is 1. The van der Waals surface area contributed by atoms with E-state index in [9.17, 15) is 0 Å². The lowest BCUT2D eigenvalue weighted by Crippen LogP contribution is -1.89. The SMILES string of the molecule is Cc1cc(C)c2ccc(Br)cc2c1-c1ccccc1. The van der Waals surface area contributed by atoms with Crippen molar-refractivity contribution in [2.24, 2.45) is 0 Å². The van der Waals surface area contributed by atoms with Crippen molar-refractivity contribution in [2.75, 3.05) is 0 Å². The standard InChI is InChI=1S/C18H15Br/c1-12-10-13(2)18(14-6-4-3-5-7-14)17-11-15(19)8-9-16(12)17/h3-11H,1-2H3. The molecular formula is C18H15Br. The maximum Gasteiger partial charge on any atom is 0.0181 e. The molecule has 1 heteroatoms. The van der Waals surface area contributed by atoms with Gasteiger partial charge in [0.05, 0.1) is 0 Å². The normalized spacial score (nSPS) is 10.9. The van der Waals surface area contributed by atoms with Crippen LogP contribution in [0.15, 0.2) is 59.1 Å². The Balaban J connectivity index is 2.44. The van der Waals surface area contributed by atoms with E-state index in [0.717, 1.165) is 4.47 Å². The van der Waals surface area contributed by atoms with Crippen molar-refractivity contribution in [2.45, 2.75) is 13.8 Å². The Morgan fingerprint density at radius 2 is 1.47 bits per heavy atom. The highest BCUT2D eigenvalue weighted by molar-refractivity contribution is 9.10. The molecule has 0 atom stereocenters. The van der Waals surface area contributed by atoms with Gasteiger partial charge in [0.15, 0.2) is 0 Å². The van der Waals surface area contributed by atoms with Crippen LogP contribution in [0.1, 0.15) is 11.1 Å². The first kappa shape index (κ1) is 12.4. The van der Waals surface area contributed by atoms with Crippen molar-refractivity contribution in [1.82, 2.24) is 0 Å². The van der Waals surface area contributed by atoms with Crippen molar-refractivity contribution in [1.29, 1.82) is 0 Å². The van der Waals surface area contributed by atoms with Crippen LogP contribution >= 0.6 is 15.9 Å². The molecule has 0 bridgehead atoms. The predicted molar refractivity (Wildman–Crippen MR) is 86.6 cm³/mol. The van der Waals surface area contributed by atoms with Gasteiger partial charge >= 0.3 is 0 Å². The third kappa shape index (κ3) is 2.19. The topological polar surface area (TPSA) is 0 Å². The molecule has 0 fully saturated rings. The zero-order chi connectivity index (χ0) is 13.4. The molecule has 0 unspecified atom stereocenters. The monoisotopic (exact) mass is 310 g/mol. The largest absolute Gasteiger partial charge is 0.0622 e. The Hall–Kier alpha value is -1.60. The van der Waals surface area contributed by atoms with Gasteiger partial charge in [-0.15, -0.1) is 0 Å². The molecular weight excluding hydrogens is 296 g/mol. The van der Waals surface area contributed by atoms with E-state index in [1.807, 2.05) is 0 Å². The van der Waals surface area contributed by atoms with Gasteiger partial charge in [0, 0.05) is 4.47 Å². The van der Waals surface area contributed by atoms with Crippen LogP contribution in [0.3, 0.4) is 0 Å². The van der Waals surface area contributed by atoms with E-state index in [1.165, 1.54) is 33.0 Å². The molecule has 0 saturated carbocycles. The van der Waals surface area contributed by atoms with Crippen LogP contribution in [0.25, 0.3) is 21.9 Å². The second kappa shape index (κ2) is 4.82. The lowest BCUT2D eigenvalue weighted by Gasteiger charge is -2.13. The Morgan fingerprint density at radius 1 is 0.737 bits per heavy atom. The fraction of sp³-hybridized carbons (Fsp3) is 0.111. The van der Waals surface area contributed by atoms with Crippen molar-refractivity contribution >= 4 is 26.7 Å². The van der Waals surface area contributed by atoms with Crippen LogP contribution in [-0.4, -0.2) is 0 Å². The average molecular weight is 311 g/mol. The Morgan fingerprint density at radius 3 is 2.21 bits per heavy atom. The molecule has 0 saturated heterocycles. The molecule has 0 aliphatic carbocycles. The second-order valence-electron chi connectivity index (χ2n) is 4.94. The van der Waals surface area contributed by atoms with E-state index >= 15 is 0 Å². The quantitative estimate of drug-likeness (QED) is 0.526. The summed E-state index contributed by atoms with van der Waals surface area (Å²) >= 11 is 3.59. The smallest absolute Gasteiger partial charge is 0.0181 e. The minimum absolute atomic E-state index is 1.13. The van der Waals surface area contributed by atoms with E-state index in [1.54, 1.807) is 0 Å². The van der Waals surface area contributed by atoms with Crippen molar-refractivity contribution in [3.8, 4) is 11.1 Å². The Labute approximate surface area is 122 Å². The molecule has 19 heavy (non-hydrogen) atoms. The molecule has 0 nitrogen and oxygen atoms in total. The van der Waals surface area contributed by atoms with Gasteiger partial charge in [-0.3, -0.25) is 0 Å². The molecule has 0 aliphatic heterocycles. The zero-order valence-corrected chi connectivity index (χ0v) is 12.7.